The van der Waals surface area contributed by atoms with Gasteiger partial charge in [-0.1, -0.05) is 49.6 Å². The van der Waals surface area contributed by atoms with Crippen LogP contribution < -0.4 is 5.32 Å². The molecule has 0 fully saturated rings. The lowest BCUT2D eigenvalue weighted by Crippen LogP contribution is -2.11. The molecular formula is C14H11Br2NO. The lowest BCUT2D eigenvalue weighted by Gasteiger charge is -2.06. The summed E-state index contributed by atoms with van der Waals surface area (Å²) in [4.78, 5) is 12.1. The molecule has 0 bridgehead atoms. The van der Waals surface area contributed by atoms with E-state index in [1.165, 1.54) is 0 Å². The molecule has 0 heterocycles. The molecule has 18 heavy (non-hydrogen) atoms. The minimum atomic E-state index is -0.124. The second-order valence-electron chi connectivity index (χ2n) is 3.98. The smallest absolute Gasteiger partial charge is 0.255 e. The topological polar surface area (TPSA) is 29.1 Å². The van der Waals surface area contributed by atoms with Gasteiger partial charge >= 0.3 is 0 Å². The zero-order valence-electron chi connectivity index (χ0n) is 9.71. The first-order valence-corrected chi connectivity index (χ1v) is 6.97. The van der Waals surface area contributed by atoms with Crippen molar-refractivity contribution >= 4 is 43.5 Å². The molecule has 2 aromatic carbocycles. The van der Waals surface area contributed by atoms with Crippen molar-refractivity contribution in [2.75, 3.05) is 5.32 Å². The van der Waals surface area contributed by atoms with E-state index in [-0.39, 0.29) is 5.91 Å². The van der Waals surface area contributed by atoms with Crippen molar-refractivity contribution in [3.05, 3.63) is 62.5 Å². The number of anilines is 1. The average Bonchev–Trinajstić information content (AvgIpc) is 2.31. The van der Waals surface area contributed by atoms with Gasteiger partial charge in [0.1, 0.15) is 0 Å². The van der Waals surface area contributed by atoms with E-state index >= 15 is 0 Å². The van der Waals surface area contributed by atoms with Crippen LogP contribution in [0.3, 0.4) is 0 Å². The SMILES string of the molecule is Cc1ccc(NC(=O)c2cc(Br)cc(Br)c2)cc1. The number of nitrogens with one attached hydrogen (secondary N) is 1. The number of aryl methyl sites for hydroxylation is 1. The van der Waals surface area contributed by atoms with Crippen LogP contribution in [0.4, 0.5) is 5.69 Å². The Hall–Kier alpha value is -1.13. The van der Waals surface area contributed by atoms with Gasteiger partial charge in [0, 0.05) is 20.2 Å². The minimum absolute atomic E-state index is 0.124. The van der Waals surface area contributed by atoms with E-state index in [9.17, 15) is 4.79 Å². The van der Waals surface area contributed by atoms with Crippen LogP contribution in [0.25, 0.3) is 0 Å². The standard InChI is InChI=1S/C14H11Br2NO/c1-9-2-4-13(5-3-9)17-14(18)10-6-11(15)8-12(16)7-10/h2-8H,1H3,(H,17,18). The monoisotopic (exact) mass is 367 g/mol. The number of carbonyl (C=O) groups is 1. The van der Waals surface area contributed by atoms with E-state index in [2.05, 4.69) is 37.2 Å². The van der Waals surface area contributed by atoms with Crippen LogP contribution in [0, 0.1) is 6.92 Å². The summed E-state index contributed by atoms with van der Waals surface area (Å²) in [6.45, 7) is 2.01. The molecule has 0 aliphatic heterocycles. The van der Waals surface area contributed by atoms with Crippen LogP contribution in [-0.2, 0) is 0 Å². The van der Waals surface area contributed by atoms with E-state index in [0.717, 1.165) is 20.2 Å². The summed E-state index contributed by atoms with van der Waals surface area (Å²) >= 11 is 6.73. The van der Waals surface area contributed by atoms with Crippen molar-refractivity contribution in [2.45, 2.75) is 6.92 Å². The molecular weight excluding hydrogens is 358 g/mol. The van der Waals surface area contributed by atoms with Crippen LogP contribution in [-0.4, -0.2) is 5.91 Å². The summed E-state index contributed by atoms with van der Waals surface area (Å²) in [6.07, 6.45) is 0. The number of rotatable bonds is 2. The molecule has 2 rings (SSSR count). The largest absolute Gasteiger partial charge is 0.322 e. The van der Waals surface area contributed by atoms with E-state index in [1.807, 2.05) is 37.3 Å². The van der Waals surface area contributed by atoms with E-state index in [0.29, 0.717) is 5.56 Å². The molecule has 0 atom stereocenters. The number of hydrogen-bond donors (Lipinski definition) is 1. The molecule has 0 radical (unpaired) electrons. The quantitative estimate of drug-likeness (QED) is 0.812. The molecule has 2 aromatic rings. The van der Waals surface area contributed by atoms with Crippen molar-refractivity contribution in [2.24, 2.45) is 0 Å². The average molecular weight is 369 g/mol. The maximum atomic E-state index is 12.1. The summed E-state index contributed by atoms with van der Waals surface area (Å²) in [5.41, 5.74) is 2.57. The molecule has 0 unspecified atom stereocenters. The summed E-state index contributed by atoms with van der Waals surface area (Å²) in [5, 5.41) is 2.86. The second kappa shape index (κ2) is 5.67. The molecule has 0 spiro atoms. The molecule has 0 aliphatic rings. The third-order valence-corrected chi connectivity index (χ3v) is 3.35. The van der Waals surface area contributed by atoms with Gasteiger partial charge in [0.25, 0.3) is 5.91 Å². The second-order valence-corrected chi connectivity index (χ2v) is 5.81. The molecule has 4 heteroatoms. The highest BCUT2D eigenvalue weighted by atomic mass is 79.9. The molecule has 0 aromatic heterocycles. The Morgan fingerprint density at radius 3 is 2.11 bits per heavy atom. The first-order chi connectivity index (χ1) is 8.54. The Balaban J connectivity index is 2.19. The Kier molecular flexibility index (Phi) is 4.19. The van der Waals surface area contributed by atoms with Gasteiger partial charge < -0.3 is 5.32 Å². The predicted octanol–water partition coefficient (Wildman–Crippen LogP) is 4.77. The van der Waals surface area contributed by atoms with Gasteiger partial charge in [-0.05, 0) is 37.3 Å². The maximum absolute atomic E-state index is 12.1. The third kappa shape index (κ3) is 3.43. The first kappa shape index (κ1) is 13.3. The van der Waals surface area contributed by atoms with Crippen LogP contribution in [0.2, 0.25) is 0 Å². The molecule has 0 saturated carbocycles. The summed E-state index contributed by atoms with van der Waals surface area (Å²) in [7, 11) is 0. The Morgan fingerprint density at radius 2 is 1.56 bits per heavy atom. The van der Waals surface area contributed by atoms with Crippen LogP contribution in [0.1, 0.15) is 15.9 Å². The summed E-state index contributed by atoms with van der Waals surface area (Å²) < 4.78 is 1.73. The predicted molar refractivity (Wildman–Crippen MR) is 81.0 cm³/mol. The lowest BCUT2D eigenvalue weighted by molar-refractivity contribution is 0.102. The Labute approximate surface area is 123 Å². The maximum Gasteiger partial charge on any atom is 0.255 e. The van der Waals surface area contributed by atoms with Gasteiger partial charge in [-0.15, -0.1) is 0 Å². The fraction of sp³-hybridized carbons (Fsp3) is 0.0714. The number of benzene rings is 2. The highest BCUT2D eigenvalue weighted by Gasteiger charge is 2.07. The van der Waals surface area contributed by atoms with E-state index in [4.69, 9.17) is 0 Å². The zero-order chi connectivity index (χ0) is 13.1. The fourth-order valence-corrected chi connectivity index (χ4v) is 2.82. The van der Waals surface area contributed by atoms with Crippen molar-refractivity contribution in [3.63, 3.8) is 0 Å². The molecule has 1 amide bonds. The van der Waals surface area contributed by atoms with Gasteiger partial charge in [-0.2, -0.15) is 0 Å². The minimum Gasteiger partial charge on any atom is -0.322 e. The molecule has 0 saturated heterocycles. The van der Waals surface area contributed by atoms with Gasteiger partial charge in [-0.3, -0.25) is 4.79 Å². The number of carbonyl (C=O) groups excluding carboxylic acids is 1. The fourth-order valence-electron chi connectivity index (χ4n) is 1.53. The van der Waals surface area contributed by atoms with Crippen molar-refractivity contribution in [1.29, 1.82) is 0 Å². The highest BCUT2D eigenvalue weighted by Crippen LogP contribution is 2.21. The number of halogens is 2. The van der Waals surface area contributed by atoms with Crippen LogP contribution in [0.5, 0.6) is 0 Å². The number of hydrogen-bond acceptors (Lipinski definition) is 1. The first-order valence-electron chi connectivity index (χ1n) is 5.39. The molecule has 92 valence electrons. The zero-order valence-corrected chi connectivity index (χ0v) is 12.9. The van der Waals surface area contributed by atoms with Gasteiger partial charge in [0.05, 0.1) is 0 Å². The van der Waals surface area contributed by atoms with E-state index in [1.54, 1.807) is 12.1 Å². The van der Waals surface area contributed by atoms with Crippen LogP contribution in [0.15, 0.2) is 51.4 Å². The van der Waals surface area contributed by atoms with Crippen molar-refractivity contribution < 1.29 is 4.79 Å². The normalized spacial score (nSPS) is 10.2. The molecule has 2 nitrogen and oxygen atoms in total. The Morgan fingerprint density at radius 1 is 1.00 bits per heavy atom. The van der Waals surface area contributed by atoms with Crippen LogP contribution >= 0.6 is 31.9 Å². The van der Waals surface area contributed by atoms with Gasteiger partial charge in [0.2, 0.25) is 0 Å². The third-order valence-electron chi connectivity index (χ3n) is 2.43. The van der Waals surface area contributed by atoms with Gasteiger partial charge in [-0.25, -0.2) is 0 Å². The van der Waals surface area contributed by atoms with E-state index < -0.39 is 0 Å². The summed E-state index contributed by atoms with van der Waals surface area (Å²) in [6, 6.07) is 13.2. The molecule has 0 aliphatic carbocycles. The van der Waals surface area contributed by atoms with Gasteiger partial charge in [0.15, 0.2) is 0 Å². The molecule has 1 N–H and O–H groups in total. The Bertz CT molecular complexity index is 559. The van der Waals surface area contributed by atoms with Crippen molar-refractivity contribution in [3.8, 4) is 0 Å². The summed E-state index contributed by atoms with van der Waals surface area (Å²) in [5.74, 6) is -0.124. The lowest BCUT2D eigenvalue weighted by atomic mass is 10.2. The highest BCUT2D eigenvalue weighted by molar-refractivity contribution is 9.11. The van der Waals surface area contributed by atoms with Crippen molar-refractivity contribution in [1.82, 2.24) is 0 Å². The number of amides is 1.